The van der Waals surface area contributed by atoms with Crippen LogP contribution in [0.3, 0.4) is 0 Å². The van der Waals surface area contributed by atoms with Gasteiger partial charge in [0.1, 0.15) is 11.5 Å². The van der Waals surface area contributed by atoms with E-state index in [2.05, 4.69) is 5.32 Å². The van der Waals surface area contributed by atoms with Gasteiger partial charge in [-0.05, 0) is 36.0 Å². The first-order valence-electron chi connectivity index (χ1n) is 11.5. The molecule has 1 aliphatic heterocycles. The van der Waals surface area contributed by atoms with Crippen molar-refractivity contribution in [3.63, 3.8) is 0 Å². The van der Waals surface area contributed by atoms with Crippen LogP contribution >= 0.6 is 0 Å². The molecular weight excluding hydrogens is 440 g/mol. The molecule has 0 bridgehead atoms. The maximum atomic E-state index is 14.3. The van der Waals surface area contributed by atoms with Crippen LogP contribution in [0.1, 0.15) is 51.1 Å². The van der Waals surface area contributed by atoms with Crippen molar-refractivity contribution in [1.82, 2.24) is 10.6 Å². The molecule has 0 aromatic heterocycles. The van der Waals surface area contributed by atoms with Crippen molar-refractivity contribution in [1.29, 1.82) is 0 Å². The molecule has 8 heteroatoms. The van der Waals surface area contributed by atoms with E-state index in [0.29, 0.717) is 17.7 Å². The van der Waals surface area contributed by atoms with E-state index in [9.17, 15) is 23.2 Å². The number of benzene rings is 2. The summed E-state index contributed by atoms with van der Waals surface area (Å²) in [6, 6.07) is 10.2. The standard InChI is InChI=1S/C26H29F2N3O3/c1-16(2)15-26(27,28)30-24(34)25(13-8-14-25)23(33)29-21-19-11-5-4-9-17(19)18-10-6-7-12-20(18)31(3)22(21)32/h4-7,9-12,16,21H,8,13-15H2,1-3H3,(H,29,33)(H,30,34)/t21-/m0/s1. The summed E-state index contributed by atoms with van der Waals surface area (Å²) in [5, 5.41) is 4.53. The smallest absolute Gasteiger partial charge is 0.325 e. The lowest BCUT2D eigenvalue weighted by Gasteiger charge is -2.40. The predicted octanol–water partition coefficient (Wildman–Crippen LogP) is 4.41. The third-order valence-electron chi connectivity index (χ3n) is 6.72. The second kappa shape index (κ2) is 8.81. The van der Waals surface area contributed by atoms with Gasteiger partial charge in [-0.3, -0.25) is 19.7 Å². The molecule has 6 nitrogen and oxygen atoms in total. The minimum absolute atomic E-state index is 0.154. The molecule has 34 heavy (non-hydrogen) atoms. The van der Waals surface area contributed by atoms with Gasteiger partial charge in [0.2, 0.25) is 11.8 Å². The van der Waals surface area contributed by atoms with Crippen LogP contribution < -0.4 is 15.5 Å². The fourth-order valence-electron chi connectivity index (χ4n) is 4.78. The molecule has 180 valence electrons. The molecule has 0 unspecified atom stereocenters. The van der Waals surface area contributed by atoms with E-state index in [4.69, 9.17) is 0 Å². The first-order valence-corrected chi connectivity index (χ1v) is 11.5. The van der Waals surface area contributed by atoms with Crippen LogP contribution in [0.2, 0.25) is 0 Å². The molecule has 4 rings (SSSR count). The Morgan fingerprint density at radius 1 is 1.06 bits per heavy atom. The van der Waals surface area contributed by atoms with Gasteiger partial charge in [-0.15, -0.1) is 0 Å². The van der Waals surface area contributed by atoms with Crippen LogP contribution in [0.15, 0.2) is 48.5 Å². The lowest BCUT2D eigenvalue weighted by Crippen LogP contribution is -2.59. The number of likely N-dealkylation sites (N-methyl/N-ethyl adjacent to an activating group) is 1. The lowest BCUT2D eigenvalue weighted by molar-refractivity contribution is -0.158. The fourth-order valence-corrected chi connectivity index (χ4v) is 4.78. The Morgan fingerprint density at radius 3 is 2.29 bits per heavy atom. The molecule has 1 aliphatic carbocycles. The van der Waals surface area contributed by atoms with Crippen molar-refractivity contribution in [2.75, 3.05) is 11.9 Å². The average Bonchev–Trinajstić information content (AvgIpc) is 2.82. The van der Waals surface area contributed by atoms with Crippen molar-refractivity contribution in [2.24, 2.45) is 11.3 Å². The Balaban J connectivity index is 1.64. The van der Waals surface area contributed by atoms with Crippen LogP contribution in [-0.2, 0) is 14.4 Å². The van der Waals surface area contributed by atoms with Gasteiger partial charge in [0, 0.05) is 19.0 Å². The van der Waals surface area contributed by atoms with Crippen molar-refractivity contribution < 1.29 is 23.2 Å². The highest BCUT2D eigenvalue weighted by molar-refractivity contribution is 6.10. The van der Waals surface area contributed by atoms with Gasteiger partial charge in [-0.2, -0.15) is 8.78 Å². The average molecular weight is 470 g/mol. The van der Waals surface area contributed by atoms with E-state index >= 15 is 0 Å². The molecule has 2 aromatic carbocycles. The lowest BCUT2D eigenvalue weighted by atomic mass is 9.67. The fraction of sp³-hybridized carbons (Fsp3) is 0.423. The summed E-state index contributed by atoms with van der Waals surface area (Å²) in [7, 11) is 1.63. The molecule has 0 saturated heterocycles. The summed E-state index contributed by atoms with van der Waals surface area (Å²) in [5.41, 5.74) is 1.30. The van der Waals surface area contributed by atoms with E-state index in [1.54, 1.807) is 38.3 Å². The zero-order valence-electron chi connectivity index (χ0n) is 19.5. The third-order valence-corrected chi connectivity index (χ3v) is 6.72. The largest absolute Gasteiger partial charge is 0.340 e. The quantitative estimate of drug-likeness (QED) is 0.486. The second-order valence-electron chi connectivity index (χ2n) is 9.60. The molecule has 1 heterocycles. The molecule has 2 aliphatic rings. The van der Waals surface area contributed by atoms with E-state index in [0.717, 1.165) is 11.1 Å². The van der Waals surface area contributed by atoms with Crippen molar-refractivity contribution in [3.8, 4) is 11.1 Å². The monoisotopic (exact) mass is 469 g/mol. The maximum absolute atomic E-state index is 14.3. The van der Waals surface area contributed by atoms with Crippen molar-refractivity contribution >= 4 is 23.4 Å². The van der Waals surface area contributed by atoms with Crippen LogP contribution in [0.5, 0.6) is 0 Å². The SMILES string of the molecule is CC(C)CC(F)(F)NC(=O)C1(C(=O)N[C@@H]2C(=O)N(C)c3ccccc3-c3ccccc32)CCC1. The van der Waals surface area contributed by atoms with Crippen LogP contribution in [-0.4, -0.2) is 30.8 Å². The Morgan fingerprint density at radius 2 is 1.68 bits per heavy atom. The number of hydrogen-bond donors (Lipinski definition) is 2. The number of alkyl halides is 2. The highest BCUT2D eigenvalue weighted by atomic mass is 19.3. The number of nitrogens with one attached hydrogen (secondary N) is 2. The molecule has 1 atom stereocenters. The summed E-state index contributed by atoms with van der Waals surface area (Å²) in [6.07, 6.45) is 0.354. The number of anilines is 1. The topological polar surface area (TPSA) is 78.5 Å². The molecule has 0 radical (unpaired) electrons. The number of nitrogens with zero attached hydrogens (tertiary/aromatic N) is 1. The predicted molar refractivity (Wildman–Crippen MR) is 125 cm³/mol. The van der Waals surface area contributed by atoms with Crippen LogP contribution in [0.4, 0.5) is 14.5 Å². The molecule has 1 fully saturated rings. The van der Waals surface area contributed by atoms with Gasteiger partial charge in [0.15, 0.2) is 0 Å². The summed E-state index contributed by atoms with van der Waals surface area (Å²) in [5.74, 6) is -2.40. The number of hydrogen-bond acceptors (Lipinski definition) is 3. The number of carbonyl (C=O) groups excluding carboxylic acids is 3. The van der Waals surface area contributed by atoms with E-state index in [-0.39, 0.29) is 24.7 Å². The first-order chi connectivity index (χ1) is 16.1. The Hall–Kier alpha value is -3.29. The van der Waals surface area contributed by atoms with Gasteiger partial charge >= 0.3 is 6.05 Å². The van der Waals surface area contributed by atoms with Gasteiger partial charge in [0.25, 0.3) is 5.91 Å². The number of para-hydroxylation sites is 1. The number of rotatable bonds is 6. The Labute approximate surface area is 197 Å². The summed E-state index contributed by atoms with van der Waals surface area (Å²) in [6.45, 7) is 3.27. The van der Waals surface area contributed by atoms with E-state index in [1.165, 1.54) is 4.90 Å². The van der Waals surface area contributed by atoms with Crippen LogP contribution in [0, 0.1) is 11.3 Å². The zero-order valence-corrected chi connectivity index (χ0v) is 19.5. The summed E-state index contributed by atoms with van der Waals surface area (Å²) < 4.78 is 28.7. The minimum Gasteiger partial charge on any atom is -0.340 e. The molecule has 2 N–H and O–H groups in total. The summed E-state index contributed by atoms with van der Waals surface area (Å²) in [4.78, 5) is 41.3. The Kier molecular flexibility index (Phi) is 6.18. The Bertz CT molecular complexity index is 1130. The molecule has 3 amide bonds. The molecule has 1 saturated carbocycles. The van der Waals surface area contributed by atoms with Gasteiger partial charge < -0.3 is 10.2 Å². The van der Waals surface area contributed by atoms with Crippen molar-refractivity contribution in [2.45, 2.75) is 51.6 Å². The van der Waals surface area contributed by atoms with E-state index < -0.39 is 35.7 Å². The highest BCUT2D eigenvalue weighted by Gasteiger charge is 2.54. The molecular formula is C26H29F2N3O3. The first kappa shape index (κ1) is 23.9. The van der Waals surface area contributed by atoms with Gasteiger partial charge in [0.05, 0.1) is 5.69 Å². The molecule has 0 spiro atoms. The second-order valence-corrected chi connectivity index (χ2v) is 9.60. The zero-order chi connectivity index (χ0) is 24.7. The molecule has 2 aromatic rings. The number of amides is 3. The van der Waals surface area contributed by atoms with Gasteiger partial charge in [-0.1, -0.05) is 62.7 Å². The van der Waals surface area contributed by atoms with E-state index in [1.807, 2.05) is 36.4 Å². The number of halogens is 2. The van der Waals surface area contributed by atoms with Gasteiger partial charge in [-0.25, -0.2) is 0 Å². The minimum atomic E-state index is -3.42. The normalized spacial score (nSPS) is 18.9. The highest BCUT2D eigenvalue weighted by Crippen LogP contribution is 2.44. The summed E-state index contributed by atoms with van der Waals surface area (Å²) >= 11 is 0. The van der Waals surface area contributed by atoms with Crippen LogP contribution in [0.25, 0.3) is 11.1 Å². The maximum Gasteiger partial charge on any atom is 0.325 e. The third kappa shape index (κ3) is 4.17. The number of carbonyl (C=O) groups is 3. The van der Waals surface area contributed by atoms with Crippen molar-refractivity contribution in [3.05, 3.63) is 54.1 Å². The number of fused-ring (bicyclic) bond motifs is 3.